The van der Waals surface area contributed by atoms with Crippen molar-refractivity contribution in [3.63, 3.8) is 0 Å². The van der Waals surface area contributed by atoms with Crippen molar-refractivity contribution >= 4 is 17.5 Å². The van der Waals surface area contributed by atoms with Gasteiger partial charge in [0.15, 0.2) is 5.82 Å². The van der Waals surface area contributed by atoms with Crippen LogP contribution in [0.5, 0.6) is 0 Å². The van der Waals surface area contributed by atoms with Crippen LogP contribution in [0.3, 0.4) is 0 Å². The number of benzene rings is 1. The maximum absolute atomic E-state index is 14.6. The number of primary amides is 1. The summed E-state index contributed by atoms with van der Waals surface area (Å²) in [5, 5.41) is 15.4. The highest BCUT2D eigenvalue weighted by atomic mass is 19.3. The Kier molecular flexibility index (Phi) is 5.91. The number of nitrogens with zero attached hydrogens (tertiary/aromatic N) is 5. The molecule has 0 radical (unpaired) electrons. The molecule has 154 valence electrons. The first-order valence-corrected chi connectivity index (χ1v) is 8.38. The van der Waals surface area contributed by atoms with Crippen molar-refractivity contribution in [3.8, 4) is 17.3 Å². The smallest absolute Gasteiger partial charge is 0.257 e. The first kappa shape index (κ1) is 20.7. The Bertz CT molecular complexity index is 1140. The summed E-state index contributed by atoms with van der Waals surface area (Å²) in [6, 6.07) is 4.04. The van der Waals surface area contributed by atoms with Gasteiger partial charge in [-0.2, -0.15) is 10.4 Å². The average Bonchev–Trinajstić information content (AvgIpc) is 3.11. The van der Waals surface area contributed by atoms with E-state index in [2.05, 4.69) is 20.4 Å². The number of amides is 1. The molecule has 0 aliphatic heterocycles. The zero-order valence-corrected chi connectivity index (χ0v) is 15.1. The molecule has 3 N–H and O–H groups in total. The second kappa shape index (κ2) is 8.56. The van der Waals surface area contributed by atoms with E-state index in [1.54, 1.807) is 6.07 Å². The highest BCUT2D eigenvalue weighted by molar-refractivity contribution is 5.94. The number of hydrogen-bond acceptors (Lipinski definition) is 6. The minimum absolute atomic E-state index is 0.0598. The molecule has 2 heterocycles. The molecule has 0 saturated heterocycles. The number of carbonyl (C=O) groups is 1. The molecule has 1 aromatic carbocycles. The van der Waals surface area contributed by atoms with Gasteiger partial charge in [-0.05, 0) is 6.07 Å². The van der Waals surface area contributed by atoms with E-state index in [4.69, 9.17) is 11.0 Å². The normalized spacial score (nSPS) is 10.8. The molecule has 0 unspecified atom stereocenters. The standard InChI is InChI=1S/C18H13F4N7O/c19-13-6-25-18(27-9-5-26-29(7-9)8-14(20)21)28-16(13)11-1-2-12(17(24)30)15(22)10(11)3-4-23/h1-2,5-7,14H,3,8H2,(H2,24,30)(H,25,27,28). The van der Waals surface area contributed by atoms with Crippen LogP contribution in [0.4, 0.5) is 29.2 Å². The summed E-state index contributed by atoms with van der Waals surface area (Å²) in [6.45, 7) is -0.611. The van der Waals surface area contributed by atoms with Gasteiger partial charge in [0, 0.05) is 17.3 Å². The van der Waals surface area contributed by atoms with Crippen molar-refractivity contribution < 1.29 is 22.4 Å². The summed E-state index contributed by atoms with van der Waals surface area (Å²) in [4.78, 5) is 19.1. The van der Waals surface area contributed by atoms with Crippen molar-refractivity contribution in [2.24, 2.45) is 5.73 Å². The van der Waals surface area contributed by atoms with Gasteiger partial charge in [-0.25, -0.2) is 27.5 Å². The van der Waals surface area contributed by atoms with Crippen LogP contribution in [0.25, 0.3) is 11.3 Å². The largest absolute Gasteiger partial charge is 0.366 e. The second-order valence-corrected chi connectivity index (χ2v) is 6.01. The Morgan fingerprint density at radius 1 is 1.30 bits per heavy atom. The van der Waals surface area contributed by atoms with Gasteiger partial charge in [-0.3, -0.25) is 9.48 Å². The van der Waals surface area contributed by atoms with E-state index in [1.165, 1.54) is 18.5 Å². The molecule has 0 atom stereocenters. The van der Waals surface area contributed by atoms with Crippen LogP contribution in [0.1, 0.15) is 15.9 Å². The average molecular weight is 419 g/mol. The summed E-state index contributed by atoms with van der Waals surface area (Å²) in [5.74, 6) is -3.10. The van der Waals surface area contributed by atoms with E-state index in [-0.39, 0.29) is 28.5 Å². The molecule has 8 nitrogen and oxygen atoms in total. The molecule has 0 saturated carbocycles. The van der Waals surface area contributed by atoms with Gasteiger partial charge in [-0.15, -0.1) is 0 Å². The highest BCUT2D eigenvalue weighted by Crippen LogP contribution is 2.29. The van der Waals surface area contributed by atoms with Crippen molar-refractivity contribution in [2.75, 3.05) is 5.32 Å². The number of nitriles is 1. The summed E-state index contributed by atoms with van der Waals surface area (Å²) in [7, 11) is 0. The number of halogens is 4. The maximum atomic E-state index is 14.6. The number of anilines is 2. The van der Waals surface area contributed by atoms with Gasteiger partial charge < -0.3 is 11.1 Å². The SMILES string of the molecule is N#CCc1c(-c2nc(Nc3cnn(CC(F)F)c3)ncc2F)ccc(C(N)=O)c1F. The van der Waals surface area contributed by atoms with E-state index in [1.807, 2.05) is 0 Å². The third kappa shape index (κ3) is 4.35. The molecule has 12 heteroatoms. The van der Waals surface area contributed by atoms with Crippen molar-refractivity contribution in [1.29, 1.82) is 5.26 Å². The van der Waals surface area contributed by atoms with Crippen LogP contribution in [0.15, 0.2) is 30.7 Å². The van der Waals surface area contributed by atoms with Crippen molar-refractivity contribution in [3.05, 3.63) is 53.5 Å². The number of aromatic nitrogens is 4. The number of nitrogens with one attached hydrogen (secondary N) is 1. The third-order valence-electron chi connectivity index (χ3n) is 3.98. The molecular weight excluding hydrogens is 406 g/mol. The highest BCUT2D eigenvalue weighted by Gasteiger charge is 2.21. The monoisotopic (exact) mass is 419 g/mol. The summed E-state index contributed by atoms with van der Waals surface area (Å²) < 4.78 is 54.9. The quantitative estimate of drug-likeness (QED) is 0.568. The molecule has 30 heavy (non-hydrogen) atoms. The molecule has 0 spiro atoms. The van der Waals surface area contributed by atoms with E-state index in [0.29, 0.717) is 0 Å². The number of hydrogen-bond donors (Lipinski definition) is 2. The van der Waals surface area contributed by atoms with Gasteiger partial charge in [0.05, 0.1) is 36.1 Å². The zero-order valence-electron chi connectivity index (χ0n) is 15.1. The molecule has 3 rings (SSSR count). The summed E-state index contributed by atoms with van der Waals surface area (Å²) in [6.07, 6.45) is 0.292. The number of alkyl halides is 2. The summed E-state index contributed by atoms with van der Waals surface area (Å²) in [5.41, 5.74) is 4.30. The maximum Gasteiger partial charge on any atom is 0.257 e. The van der Waals surface area contributed by atoms with Gasteiger partial charge >= 0.3 is 0 Å². The molecule has 0 bridgehead atoms. The second-order valence-electron chi connectivity index (χ2n) is 6.01. The first-order chi connectivity index (χ1) is 14.3. The molecule has 1 amide bonds. The lowest BCUT2D eigenvalue weighted by atomic mass is 9.97. The van der Waals surface area contributed by atoms with E-state index in [9.17, 15) is 22.4 Å². The zero-order chi connectivity index (χ0) is 21.8. The minimum atomic E-state index is -2.59. The van der Waals surface area contributed by atoms with Crippen LogP contribution in [0, 0.1) is 23.0 Å². The number of carbonyl (C=O) groups excluding carboxylic acids is 1. The van der Waals surface area contributed by atoms with Crippen LogP contribution in [-0.2, 0) is 13.0 Å². The predicted octanol–water partition coefficient (Wildman–Crippen LogP) is 2.79. The Balaban J connectivity index is 2.00. The minimum Gasteiger partial charge on any atom is -0.366 e. The fourth-order valence-corrected chi connectivity index (χ4v) is 2.70. The fraction of sp³-hybridized carbons (Fsp3) is 0.167. The van der Waals surface area contributed by atoms with Crippen molar-refractivity contribution in [1.82, 2.24) is 19.7 Å². The lowest BCUT2D eigenvalue weighted by molar-refractivity contribution is 0.0996. The van der Waals surface area contributed by atoms with Gasteiger partial charge in [-0.1, -0.05) is 6.07 Å². The van der Waals surface area contributed by atoms with Crippen LogP contribution >= 0.6 is 0 Å². The predicted molar refractivity (Wildman–Crippen MR) is 96.7 cm³/mol. The Morgan fingerprint density at radius 2 is 2.07 bits per heavy atom. The topological polar surface area (TPSA) is 123 Å². The van der Waals surface area contributed by atoms with Gasteiger partial charge in [0.25, 0.3) is 12.3 Å². The molecular formula is C18H13F4N7O. The number of rotatable bonds is 7. The van der Waals surface area contributed by atoms with Crippen molar-refractivity contribution in [2.45, 2.75) is 19.4 Å². The lowest BCUT2D eigenvalue weighted by Gasteiger charge is -2.12. The Morgan fingerprint density at radius 3 is 2.73 bits per heavy atom. The fourth-order valence-electron chi connectivity index (χ4n) is 2.70. The van der Waals surface area contributed by atoms with E-state index < -0.39 is 42.5 Å². The lowest BCUT2D eigenvalue weighted by Crippen LogP contribution is -2.15. The third-order valence-corrected chi connectivity index (χ3v) is 3.98. The van der Waals surface area contributed by atoms with E-state index in [0.717, 1.165) is 16.9 Å². The molecule has 2 aromatic heterocycles. The molecule has 0 fully saturated rings. The van der Waals surface area contributed by atoms with Crippen LogP contribution < -0.4 is 11.1 Å². The van der Waals surface area contributed by atoms with E-state index >= 15 is 0 Å². The molecule has 0 aliphatic rings. The molecule has 3 aromatic rings. The summed E-state index contributed by atoms with van der Waals surface area (Å²) >= 11 is 0. The van der Waals surface area contributed by atoms with Gasteiger partial charge in [0.1, 0.15) is 18.1 Å². The molecule has 0 aliphatic carbocycles. The Hall–Kier alpha value is -4.01. The van der Waals surface area contributed by atoms with Gasteiger partial charge in [0.2, 0.25) is 5.95 Å². The van der Waals surface area contributed by atoms with Crippen LogP contribution in [-0.4, -0.2) is 32.1 Å². The Labute approximate surface area is 167 Å². The first-order valence-electron chi connectivity index (χ1n) is 8.38. The number of nitrogens with two attached hydrogens (primary N) is 1. The van der Waals surface area contributed by atoms with Crippen LogP contribution in [0.2, 0.25) is 0 Å².